The van der Waals surface area contributed by atoms with Crippen LogP contribution in [0.2, 0.25) is 0 Å². The minimum atomic E-state index is -0.857. The van der Waals surface area contributed by atoms with Gasteiger partial charge in [0.05, 0.1) is 11.7 Å². The quantitative estimate of drug-likeness (QED) is 0.868. The summed E-state index contributed by atoms with van der Waals surface area (Å²) in [5, 5.41) is 9.17. The predicted octanol–water partition coefficient (Wildman–Crippen LogP) is 2.78. The van der Waals surface area contributed by atoms with Gasteiger partial charge >= 0.3 is 5.97 Å². The second kappa shape index (κ2) is 7.41. The molecule has 4 heteroatoms. The molecule has 1 aromatic carbocycles. The van der Waals surface area contributed by atoms with E-state index in [9.17, 15) is 9.90 Å². The van der Waals surface area contributed by atoms with E-state index < -0.39 is 5.97 Å². The summed E-state index contributed by atoms with van der Waals surface area (Å²) in [5.74, 6) is -0.857. The standard InChI is InChI=1S/C16H23NO3/c1-17(10-9-14-7-4-5-11-20-14)12-13-6-2-3-8-15(13)16(18)19/h2-3,6,8,14H,4-5,7,9-12H2,1H3,(H,18,19)/t14-/m0/s1. The number of nitrogens with zero attached hydrogens (tertiary/aromatic N) is 1. The van der Waals surface area contributed by atoms with E-state index in [1.807, 2.05) is 19.2 Å². The van der Waals surface area contributed by atoms with E-state index in [0.717, 1.165) is 31.6 Å². The Kier molecular flexibility index (Phi) is 5.56. The summed E-state index contributed by atoms with van der Waals surface area (Å²) in [4.78, 5) is 13.3. The Balaban J connectivity index is 1.84. The molecule has 0 aliphatic carbocycles. The van der Waals surface area contributed by atoms with Crippen molar-refractivity contribution in [2.24, 2.45) is 0 Å². The summed E-state index contributed by atoms with van der Waals surface area (Å²) >= 11 is 0. The lowest BCUT2D eigenvalue weighted by atomic mass is 10.1. The lowest BCUT2D eigenvalue weighted by molar-refractivity contribution is 0.00638. The molecule has 1 atom stereocenters. The van der Waals surface area contributed by atoms with Gasteiger partial charge in [-0.25, -0.2) is 4.79 Å². The van der Waals surface area contributed by atoms with Gasteiger partial charge in [-0.2, -0.15) is 0 Å². The van der Waals surface area contributed by atoms with Gasteiger partial charge in [-0.05, 0) is 44.4 Å². The maximum absolute atomic E-state index is 11.2. The average Bonchev–Trinajstić information content (AvgIpc) is 2.46. The molecule has 0 spiro atoms. The molecule has 0 aromatic heterocycles. The summed E-state index contributed by atoms with van der Waals surface area (Å²) in [6, 6.07) is 7.20. The number of aromatic carboxylic acids is 1. The zero-order valence-electron chi connectivity index (χ0n) is 12.0. The van der Waals surface area contributed by atoms with Crippen molar-refractivity contribution in [1.29, 1.82) is 0 Å². The normalized spacial score (nSPS) is 19.2. The summed E-state index contributed by atoms with van der Waals surface area (Å²) in [7, 11) is 2.03. The molecule has 0 amide bonds. The zero-order valence-corrected chi connectivity index (χ0v) is 12.0. The Bertz CT molecular complexity index is 441. The van der Waals surface area contributed by atoms with Gasteiger partial charge in [0, 0.05) is 19.7 Å². The van der Waals surface area contributed by atoms with Crippen LogP contribution in [0, 0.1) is 0 Å². The largest absolute Gasteiger partial charge is 0.478 e. The van der Waals surface area contributed by atoms with Gasteiger partial charge in [0.25, 0.3) is 0 Å². The highest BCUT2D eigenvalue weighted by molar-refractivity contribution is 5.89. The Morgan fingerprint density at radius 3 is 2.90 bits per heavy atom. The molecule has 1 aliphatic heterocycles. The third-order valence-corrected chi connectivity index (χ3v) is 3.79. The van der Waals surface area contributed by atoms with Crippen molar-refractivity contribution < 1.29 is 14.6 Å². The average molecular weight is 277 g/mol. The highest BCUT2D eigenvalue weighted by Gasteiger charge is 2.15. The van der Waals surface area contributed by atoms with Crippen LogP contribution in [0.5, 0.6) is 0 Å². The van der Waals surface area contributed by atoms with Crippen LogP contribution >= 0.6 is 0 Å². The summed E-state index contributed by atoms with van der Waals surface area (Å²) in [5.41, 5.74) is 1.26. The smallest absolute Gasteiger partial charge is 0.336 e. The van der Waals surface area contributed by atoms with E-state index >= 15 is 0 Å². The van der Waals surface area contributed by atoms with Crippen LogP contribution in [0.3, 0.4) is 0 Å². The molecule has 110 valence electrons. The Labute approximate surface area is 120 Å². The molecular formula is C16H23NO3. The lowest BCUT2D eigenvalue weighted by Crippen LogP contribution is -2.27. The molecule has 1 saturated heterocycles. The first-order chi connectivity index (χ1) is 9.66. The Morgan fingerprint density at radius 2 is 2.20 bits per heavy atom. The van der Waals surface area contributed by atoms with Crippen molar-refractivity contribution in [3.63, 3.8) is 0 Å². The van der Waals surface area contributed by atoms with Crippen LogP contribution in [-0.2, 0) is 11.3 Å². The Hall–Kier alpha value is -1.39. The van der Waals surface area contributed by atoms with Crippen molar-refractivity contribution in [2.75, 3.05) is 20.2 Å². The van der Waals surface area contributed by atoms with Gasteiger partial charge in [0.2, 0.25) is 0 Å². The monoisotopic (exact) mass is 277 g/mol. The minimum Gasteiger partial charge on any atom is -0.478 e. The van der Waals surface area contributed by atoms with Gasteiger partial charge in [0.15, 0.2) is 0 Å². The Morgan fingerprint density at radius 1 is 1.40 bits per heavy atom. The second-order valence-corrected chi connectivity index (χ2v) is 5.48. The lowest BCUT2D eigenvalue weighted by Gasteiger charge is -2.25. The first kappa shape index (κ1) is 15.0. The third-order valence-electron chi connectivity index (χ3n) is 3.79. The van der Waals surface area contributed by atoms with E-state index in [1.54, 1.807) is 12.1 Å². The van der Waals surface area contributed by atoms with E-state index in [4.69, 9.17) is 4.74 Å². The maximum Gasteiger partial charge on any atom is 0.336 e. The highest BCUT2D eigenvalue weighted by Crippen LogP contribution is 2.17. The summed E-state index contributed by atoms with van der Waals surface area (Å²) in [6.45, 7) is 2.48. The topological polar surface area (TPSA) is 49.8 Å². The van der Waals surface area contributed by atoms with Crippen LogP contribution in [-0.4, -0.2) is 42.3 Å². The molecule has 0 saturated carbocycles. The molecule has 0 bridgehead atoms. The fourth-order valence-electron chi connectivity index (χ4n) is 2.64. The molecule has 1 aromatic rings. The number of ether oxygens (including phenoxy) is 1. The number of carboxylic acids is 1. The van der Waals surface area contributed by atoms with Crippen LogP contribution in [0.1, 0.15) is 41.6 Å². The van der Waals surface area contributed by atoms with Gasteiger partial charge in [0.1, 0.15) is 0 Å². The highest BCUT2D eigenvalue weighted by atomic mass is 16.5. The van der Waals surface area contributed by atoms with E-state index in [2.05, 4.69) is 4.90 Å². The molecule has 1 heterocycles. The van der Waals surface area contributed by atoms with Crippen LogP contribution in [0.25, 0.3) is 0 Å². The molecule has 1 aliphatic rings. The number of benzene rings is 1. The molecule has 1 N–H and O–H groups in total. The summed E-state index contributed by atoms with van der Waals surface area (Å²) < 4.78 is 5.72. The SMILES string of the molecule is CN(CC[C@@H]1CCCCO1)Cc1ccccc1C(=O)O. The molecule has 4 nitrogen and oxygen atoms in total. The van der Waals surface area contributed by atoms with E-state index in [-0.39, 0.29) is 0 Å². The first-order valence-electron chi connectivity index (χ1n) is 7.28. The number of hydrogen-bond donors (Lipinski definition) is 1. The zero-order chi connectivity index (χ0) is 14.4. The second-order valence-electron chi connectivity index (χ2n) is 5.48. The molecule has 0 radical (unpaired) electrons. The minimum absolute atomic E-state index is 0.376. The molecule has 20 heavy (non-hydrogen) atoms. The van der Waals surface area contributed by atoms with Crippen molar-refractivity contribution in [2.45, 2.75) is 38.3 Å². The number of rotatable bonds is 6. The predicted molar refractivity (Wildman–Crippen MR) is 77.9 cm³/mol. The van der Waals surface area contributed by atoms with E-state index in [1.165, 1.54) is 12.8 Å². The molecule has 1 fully saturated rings. The van der Waals surface area contributed by atoms with Crippen molar-refractivity contribution in [3.8, 4) is 0 Å². The van der Waals surface area contributed by atoms with Gasteiger partial charge < -0.3 is 14.7 Å². The van der Waals surface area contributed by atoms with Gasteiger partial charge in [-0.1, -0.05) is 18.2 Å². The number of carbonyl (C=O) groups is 1. The number of hydrogen-bond acceptors (Lipinski definition) is 3. The fraction of sp³-hybridized carbons (Fsp3) is 0.562. The maximum atomic E-state index is 11.2. The third kappa shape index (κ3) is 4.32. The van der Waals surface area contributed by atoms with Gasteiger partial charge in [-0.3, -0.25) is 0 Å². The molecule has 0 unspecified atom stereocenters. The van der Waals surface area contributed by atoms with Crippen molar-refractivity contribution in [3.05, 3.63) is 35.4 Å². The summed E-state index contributed by atoms with van der Waals surface area (Å²) in [6.07, 6.45) is 4.99. The fourth-order valence-corrected chi connectivity index (χ4v) is 2.64. The van der Waals surface area contributed by atoms with Crippen LogP contribution < -0.4 is 0 Å². The van der Waals surface area contributed by atoms with Crippen LogP contribution in [0.4, 0.5) is 0 Å². The van der Waals surface area contributed by atoms with E-state index in [0.29, 0.717) is 18.2 Å². The van der Waals surface area contributed by atoms with Gasteiger partial charge in [-0.15, -0.1) is 0 Å². The molecule has 2 rings (SSSR count). The van der Waals surface area contributed by atoms with Crippen LogP contribution in [0.15, 0.2) is 24.3 Å². The van der Waals surface area contributed by atoms with Crippen molar-refractivity contribution >= 4 is 5.97 Å². The van der Waals surface area contributed by atoms with Crippen molar-refractivity contribution in [1.82, 2.24) is 4.90 Å². The number of carboxylic acid groups (broad SMARTS) is 1. The molecular weight excluding hydrogens is 254 g/mol. The first-order valence-corrected chi connectivity index (χ1v) is 7.28.